The molecule has 1 aromatic carbocycles. The zero-order chi connectivity index (χ0) is 11.3. The van der Waals surface area contributed by atoms with Crippen molar-refractivity contribution < 1.29 is 10.2 Å². The summed E-state index contributed by atoms with van der Waals surface area (Å²) in [5.41, 5.74) is 2.06. The summed E-state index contributed by atoms with van der Waals surface area (Å²) >= 11 is 0. The van der Waals surface area contributed by atoms with Crippen LogP contribution in [0.15, 0.2) is 12.1 Å². The molecular weight excluding hydrogens is 188 g/mol. The Bertz CT molecular complexity index is 319. The molecule has 0 spiro atoms. The van der Waals surface area contributed by atoms with E-state index in [2.05, 4.69) is 6.92 Å². The lowest BCUT2D eigenvalue weighted by Crippen LogP contribution is -1.94. The first-order valence-corrected chi connectivity index (χ1v) is 5.72. The summed E-state index contributed by atoms with van der Waals surface area (Å²) in [5.74, 6) is 0.389. The Morgan fingerprint density at radius 1 is 1.07 bits per heavy atom. The van der Waals surface area contributed by atoms with Crippen LogP contribution in [-0.4, -0.2) is 10.2 Å². The number of aryl methyl sites for hydroxylation is 1. The van der Waals surface area contributed by atoms with Crippen molar-refractivity contribution in [3.05, 3.63) is 23.3 Å². The third kappa shape index (κ3) is 3.15. The van der Waals surface area contributed by atoms with Crippen LogP contribution < -0.4 is 0 Å². The van der Waals surface area contributed by atoms with Crippen LogP contribution in [0, 0.1) is 0 Å². The van der Waals surface area contributed by atoms with Gasteiger partial charge in [0.05, 0.1) is 0 Å². The minimum Gasteiger partial charge on any atom is -0.508 e. The molecule has 0 bridgehead atoms. The first kappa shape index (κ1) is 11.9. The van der Waals surface area contributed by atoms with Crippen molar-refractivity contribution in [3.63, 3.8) is 0 Å². The summed E-state index contributed by atoms with van der Waals surface area (Å²) in [6.45, 7) is 4.19. The van der Waals surface area contributed by atoms with E-state index in [9.17, 15) is 10.2 Å². The van der Waals surface area contributed by atoms with Crippen LogP contribution >= 0.6 is 0 Å². The molecule has 0 saturated carbocycles. The lowest BCUT2D eigenvalue weighted by molar-refractivity contribution is 0.444. The van der Waals surface area contributed by atoms with Gasteiger partial charge in [0.1, 0.15) is 11.5 Å². The van der Waals surface area contributed by atoms with Gasteiger partial charge in [-0.05, 0) is 36.5 Å². The summed E-state index contributed by atoms with van der Waals surface area (Å²) < 4.78 is 0. The summed E-state index contributed by atoms with van der Waals surface area (Å²) in [6, 6.07) is 3.19. The molecule has 0 aliphatic rings. The number of hydrogen-bond donors (Lipinski definition) is 2. The number of unbranched alkanes of at least 4 members (excludes halogenated alkanes) is 2. The molecule has 2 nitrogen and oxygen atoms in total. The van der Waals surface area contributed by atoms with Crippen molar-refractivity contribution in [1.82, 2.24) is 0 Å². The normalized spacial score (nSPS) is 10.5. The zero-order valence-corrected chi connectivity index (χ0v) is 9.58. The molecule has 2 N–H and O–H groups in total. The molecule has 0 unspecified atom stereocenters. The Kier molecular flexibility index (Phi) is 4.47. The Morgan fingerprint density at radius 3 is 2.40 bits per heavy atom. The van der Waals surface area contributed by atoms with Crippen molar-refractivity contribution >= 4 is 0 Å². The predicted molar refractivity (Wildman–Crippen MR) is 62.4 cm³/mol. The molecule has 0 fully saturated rings. The van der Waals surface area contributed by atoms with Crippen LogP contribution in [0.4, 0.5) is 0 Å². The van der Waals surface area contributed by atoms with E-state index >= 15 is 0 Å². The quantitative estimate of drug-likeness (QED) is 0.728. The van der Waals surface area contributed by atoms with Crippen LogP contribution in [0.2, 0.25) is 0 Å². The van der Waals surface area contributed by atoms with Gasteiger partial charge in [-0.15, -0.1) is 0 Å². The molecular formula is C13H20O2. The second kappa shape index (κ2) is 5.64. The summed E-state index contributed by atoms with van der Waals surface area (Å²) in [5, 5.41) is 19.1. The van der Waals surface area contributed by atoms with Crippen LogP contribution in [0.25, 0.3) is 0 Å². The molecule has 0 amide bonds. The Balaban J connectivity index is 2.84. The van der Waals surface area contributed by atoms with Crippen LogP contribution in [0.3, 0.4) is 0 Å². The highest BCUT2D eigenvalue weighted by atomic mass is 16.3. The topological polar surface area (TPSA) is 40.5 Å². The summed E-state index contributed by atoms with van der Waals surface area (Å²) in [6.07, 6.45) is 5.25. The molecule has 0 heterocycles. The maximum atomic E-state index is 9.67. The van der Waals surface area contributed by atoms with Gasteiger partial charge < -0.3 is 10.2 Å². The van der Waals surface area contributed by atoms with E-state index in [1.54, 1.807) is 6.07 Å². The highest BCUT2D eigenvalue weighted by Crippen LogP contribution is 2.28. The number of phenols is 2. The van der Waals surface area contributed by atoms with Gasteiger partial charge in [-0.2, -0.15) is 0 Å². The lowest BCUT2D eigenvalue weighted by Gasteiger charge is -2.10. The number of aromatic hydroxyl groups is 2. The van der Waals surface area contributed by atoms with E-state index in [4.69, 9.17) is 0 Å². The second-order valence-corrected chi connectivity index (χ2v) is 3.91. The van der Waals surface area contributed by atoms with Gasteiger partial charge >= 0.3 is 0 Å². The molecule has 2 heteroatoms. The molecule has 15 heavy (non-hydrogen) atoms. The lowest BCUT2D eigenvalue weighted by atomic mass is 9.98. The fraction of sp³-hybridized carbons (Fsp3) is 0.538. The number of rotatable bonds is 5. The molecule has 0 aromatic heterocycles. The first-order valence-electron chi connectivity index (χ1n) is 5.72. The Labute approximate surface area is 91.6 Å². The molecule has 1 rings (SSSR count). The summed E-state index contributed by atoms with van der Waals surface area (Å²) in [4.78, 5) is 0. The fourth-order valence-corrected chi connectivity index (χ4v) is 1.90. The smallest absolute Gasteiger partial charge is 0.122 e. The third-order valence-corrected chi connectivity index (χ3v) is 2.71. The molecule has 0 atom stereocenters. The van der Waals surface area contributed by atoms with Crippen LogP contribution in [-0.2, 0) is 12.8 Å². The monoisotopic (exact) mass is 208 g/mol. The number of benzene rings is 1. The van der Waals surface area contributed by atoms with Crippen molar-refractivity contribution in [2.24, 2.45) is 0 Å². The zero-order valence-electron chi connectivity index (χ0n) is 9.58. The minimum absolute atomic E-state index is 0.163. The number of hydrogen-bond acceptors (Lipinski definition) is 2. The van der Waals surface area contributed by atoms with E-state index in [0.717, 1.165) is 30.4 Å². The third-order valence-electron chi connectivity index (χ3n) is 2.71. The number of phenolic OH excluding ortho intramolecular Hbond substituents is 2. The summed E-state index contributed by atoms with van der Waals surface area (Å²) in [7, 11) is 0. The van der Waals surface area contributed by atoms with Gasteiger partial charge in [0.15, 0.2) is 0 Å². The van der Waals surface area contributed by atoms with E-state index in [1.807, 2.05) is 6.92 Å². The Hall–Kier alpha value is -1.18. The average Bonchev–Trinajstić information content (AvgIpc) is 2.17. The van der Waals surface area contributed by atoms with E-state index in [1.165, 1.54) is 18.9 Å². The Morgan fingerprint density at radius 2 is 1.80 bits per heavy atom. The van der Waals surface area contributed by atoms with Gasteiger partial charge in [-0.25, -0.2) is 0 Å². The van der Waals surface area contributed by atoms with Gasteiger partial charge in [-0.3, -0.25) is 0 Å². The van der Waals surface area contributed by atoms with Gasteiger partial charge in [0.2, 0.25) is 0 Å². The molecule has 0 aliphatic carbocycles. The van der Waals surface area contributed by atoms with Crippen molar-refractivity contribution in [1.29, 1.82) is 0 Å². The van der Waals surface area contributed by atoms with Crippen molar-refractivity contribution in [3.8, 4) is 11.5 Å². The van der Waals surface area contributed by atoms with Gasteiger partial charge in [-0.1, -0.05) is 26.7 Å². The molecule has 84 valence electrons. The molecule has 0 saturated heterocycles. The molecule has 0 aliphatic heterocycles. The maximum absolute atomic E-state index is 9.67. The first-order chi connectivity index (χ1) is 7.19. The average molecular weight is 208 g/mol. The minimum atomic E-state index is 0.163. The fourth-order valence-electron chi connectivity index (χ4n) is 1.90. The van der Waals surface area contributed by atoms with Crippen molar-refractivity contribution in [2.45, 2.75) is 46.0 Å². The van der Waals surface area contributed by atoms with E-state index in [0.29, 0.717) is 0 Å². The van der Waals surface area contributed by atoms with Crippen LogP contribution in [0.1, 0.15) is 44.2 Å². The largest absolute Gasteiger partial charge is 0.508 e. The SMILES string of the molecule is CCCCCc1cc(O)cc(O)c1CC. The highest BCUT2D eigenvalue weighted by molar-refractivity contribution is 5.45. The van der Waals surface area contributed by atoms with Crippen LogP contribution in [0.5, 0.6) is 11.5 Å². The maximum Gasteiger partial charge on any atom is 0.122 e. The van der Waals surface area contributed by atoms with Crippen molar-refractivity contribution in [2.75, 3.05) is 0 Å². The standard InChI is InChI=1S/C13H20O2/c1-3-5-6-7-10-8-11(14)9-13(15)12(10)4-2/h8-9,14-15H,3-7H2,1-2H3. The van der Waals surface area contributed by atoms with Gasteiger partial charge in [0, 0.05) is 6.07 Å². The highest BCUT2D eigenvalue weighted by Gasteiger charge is 2.07. The predicted octanol–water partition coefficient (Wildman–Crippen LogP) is 3.39. The van der Waals surface area contributed by atoms with E-state index in [-0.39, 0.29) is 11.5 Å². The second-order valence-electron chi connectivity index (χ2n) is 3.91. The van der Waals surface area contributed by atoms with E-state index < -0.39 is 0 Å². The molecule has 1 aromatic rings. The van der Waals surface area contributed by atoms with Gasteiger partial charge in [0.25, 0.3) is 0 Å². The molecule has 0 radical (unpaired) electrons.